The average molecular weight is 385 g/mol. The molecule has 0 atom stereocenters. The van der Waals surface area contributed by atoms with E-state index in [-0.39, 0.29) is 11.7 Å². The summed E-state index contributed by atoms with van der Waals surface area (Å²) in [4.78, 5) is 11.8. The van der Waals surface area contributed by atoms with Gasteiger partial charge in [0.1, 0.15) is 5.75 Å². The Morgan fingerprint density at radius 2 is 1.93 bits per heavy atom. The first-order chi connectivity index (χ1) is 12.9. The molecule has 0 bridgehead atoms. The zero-order valence-electron chi connectivity index (χ0n) is 15.7. The lowest BCUT2D eigenvalue weighted by molar-refractivity contribution is -0.116. The molecule has 27 heavy (non-hydrogen) atoms. The first-order valence-corrected chi connectivity index (χ1v) is 9.11. The van der Waals surface area contributed by atoms with Gasteiger partial charge in [-0.15, -0.1) is 0 Å². The smallest absolute Gasteiger partial charge is 0.224 e. The molecule has 6 nitrogen and oxygen atoms in total. The molecule has 0 aromatic heterocycles. The van der Waals surface area contributed by atoms with Gasteiger partial charge in [0.2, 0.25) is 5.91 Å². The number of para-hydroxylation sites is 1. The Labute approximate surface area is 164 Å². The van der Waals surface area contributed by atoms with Crippen molar-refractivity contribution >= 4 is 40.3 Å². The Hall–Kier alpha value is -2.93. The maximum atomic E-state index is 11.8. The van der Waals surface area contributed by atoms with Gasteiger partial charge in [0.15, 0.2) is 5.11 Å². The molecule has 0 radical (unpaired) electrons. The van der Waals surface area contributed by atoms with E-state index in [0.29, 0.717) is 28.5 Å². The van der Waals surface area contributed by atoms with E-state index in [1.165, 1.54) is 6.07 Å². The Morgan fingerprint density at radius 3 is 2.63 bits per heavy atom. The van der Waals surface area contributed by atoms with Crippen LogP contribution >= 0.6 is 12.2 Å². The zero-order chi connectivity index (χ0) is 19.8. The molecule has 0 aliphatic heterocycles. The van der Waals surface area contributed by atoms with Gasteiger partial charge in [-0.25, -0.2) is 0 Å². The quantitative estimate of drug-likeness (QED) is 0.260. The third kappa shape index (κ3) is 6.07. The van der Waals surface area contributed by atoms with Gasteiger partial charge in [0.25, 0.3) is 0 Å². The lowest BCUT2D eigenvalue weighted by Crippen LogP contribution is -2.25. The zero-order valence-corrected chi connectivity index (χ0v) is 16.5. The fraction of sp³-hybridized carbons (Fsp3) is 0.250. The summed E-state index contributed by atoms with van der Waals surface area (Å²) >= 11 is 5.26. The van der Waals surface area contributed by atoms with Crippen LogP contribution in [-0.4, -0.2) is 21.8 Å². The highest BCUT2D eigenvalue weighted by Crippen LogP contribution is 2.22. The molecule has 0 spiro atoms. The fourth-order valence-electron chi connectivity index (χ4n) is 2.41. The standard InChI is InChI=1S/C20H24N4O2S/c1-4-7-19(26)21-15-10-11-18(25)16(12-15)14(3)23-24-20(27)22-17-9-6-5-8-13(17)2/h5-6,8-12,25H,4,7H2,1-3H3,(H,21,26)(H2,22,24,27)/b23-14+. The summed E-state index contributed by atoms with van der Waals surface area (Å²) in [5.41, 5.74) is 6.39. The molecule has 1 amide bonds. The van der Waals surface area contributed by atoms with Crippen LogP contribution < -0.4 is 16.1 Å². The number of benzene rings is 2. The van der Waals surface area contributed by atoms with E-state index in [2.05, 4.69) is 21.2 Å². The van der Waals surface area contributed by atoms with E-state index >= 15 is 0 Å². The molecule has 0 saturated carbocycles. The van der Waals surface area contributed by atoms with Gasteiger partial charge in [0, 0.05) is 23.4 Å². The SMILES string of the molecule is CCCC(=O)Nc1ccc(O)c(/C(C)=N/NC(=S)Nc2ccccc2C)c1. The number of aromatic hydroxyl groups is 1. The number of hydrogen-bond acceptors (Lipinski definition) is 4. The minimum absolute atomic E-state index is 0.0644. The van der Waals surface area contributed by atoms with Crippen molar-refractivity contribution in [2.45, 2.75) is 33.6 Å². The summed E-state index contributed by atoms with van der Waals surface area (Å²) in [6.45, 7) is 5.67. The van der Waals surface area contributed by atoms with E-state index in [1.807, 2.05) is 38.1 Å². The Morgan fingerprint density at radius 1 is 1.19 bits per heavy atom. The van der Waals surface area contributed by atoms with E-state index in [9.17, 15) is 9.90 Å². The van der Waals surface area contributed by atoms with Gasteiger partial charge in [-0.2, -0.15) is 5.10 Å². The van der Waals surface area contributed by atoms with E-state index in [0.717, 1.165) is 17.7 Å². The van der Waals surface area contributed by atoms with Crippen LogP contribution in [0.2, 0.25) is 0 Å². The third-order valence-electron chi connectivity index (χ3n) is 3.87. The highest BCUT2D eigenvalue weighted by molar-refractivity contribution is 7.80. The molecular formula is C20H24N4O2S. The molecule has 0 saturated heterocycles. The number of nitrogens with one attached hydrogen (secondary N) is 3. The van der Waals surface area contributed by atoms with Crippen LogP contribution in [0.3, 0.4) is 0 Å². The lowest BCUT2D eigenvalue weighted by atomic mass is 10.1. The Bertz CT molecular complexity index is 865. The third-order valence-corrected chi connectivity index (χ3v) is 4.06. The molecule has 0 unspecified atom stereocenters. The molecular weight excluding hydrogens is 360 g/mol. The summed E-state index contributed by atoms with van der Waals surface area (Å²) in [5, 5.41) is 20.6. The first kappa shape index (κ1) is 20.4. The minimum atomic E-state index is -0.0644. The van der Waals surface area contributed by atoms with E-state index in [4.69, 9.17) is 12.2 Å². The van der Waals surface area contributed by atoms with Crippen molar-refractivity contribution in [2.75, 3.05) is 10.6 Å². The number of hydrazone groups is 1. The number of phenols is 1. The Balaban J connectivity index is 2.07. The molecule has 2 rings (SSSR count). The monoisotopic (exact) mass is 384 g/mol. The molecule has 7 heteroatoms. The van der Waals surface area contributed by atoms with Gasteiger partial charge >= 0.3 is 0 Å². The number of carbonyl (C=O) groups excluding carboxylic acids is 1. The normalized spacial score (nSPS) is 11.0. The number of phenolic OH excluding ortho intramolecular Hbond substituents is 1. The largest absolute Gasteiger partial charge is 0.507 e. The molecule has 2 aromatic rings. The first-order valence-electron chi connectivity index (χ1n) is 8.71. The molecule has 0 heterocycles. The number of hydrogen-bond donors (Lipinski definition) is 4. The lowest BCUT2D eigenvalue weighted by Gasteiger charge is -2.11. The predicted molar refractivity (Wildman–Crippen MR) is 114 cm³/mol. The molecule has 4 N–H and O–H groups in total. The van der Waals surface area contributed by atoms with Crippen LogP contribution in [0.1, 0.15) is 37.8 Å². The van der Waals surface area contributed by atoms with E-state index in [1.54, 1.807) is 19.1 Å². The highest BCUT2D eigenvalue weighted by Gasteiger charge is 2.09. The van der Waals surface area contributed by atoms with Gasteiger partial charge < -0.3 is 15.7 Å². The van der Waals surface area contributed by atoms with Crippen LogP contribution in [0, 0.1) is 6.92 Å². The van der Waals surface area contributed by atoms with Gasteiger partial charge in [-0.3, -0.25) is 10.2 Å². The summed E-state index contributed by atoms with van der Waals surface area (Å²) in [5.74, 6) is 0.00906. The van der Waals surface area contributed by atoms with Crippen LogP contribution in [-0.2, 0) is 4.79 Å². The number of rotatable bonds is 6. The van der Waals surface area contributed by atoms with Crippen LogP contribution in [0.5, 0.6) is 5.75 Å². The highest BCUT2D eigenvalue weighted by atomic mass is 32.1. The molecule has 0 aliphatic rings. The van der Waals surface area contributed by atoms with Crippen molar-refractivity contribution in [2.24, 2.45) is 5.10 Å². The van der Waals surface area contributed by atoms with Crippen molar-refractivity contribution in [3.63, 3.8) is 0 Å². The summed E-state index contributed by atoms with van der Waals surface area (Å²) in [7, 11) is 0. The van der Waals surface area contributed by atoms with Crippen LogP contribution in [0.25, 0.3) is 0 Å². The predicted octanol–water partition coefficient (Wildman–Crippen LogP) is 4.15. The molecule has 0 fully saturated rings. The topological polar surface area (TPSA) is 85.8 Å². The fourth-order valence-corrected chi connectivity index (χ4v) is 2.57. The van der Waals surface area contributed by atoms with Crippen molar-refractivity contribution in [1.82, 2.24) is 5.43 Å². The Kier molecular flexibility index (Phi) is 7.31. The number of thiocarbonyl (C=S) groups is 1. The second-order valence-corrected chi connectivity index (χ2v) is 6.52. The second kappa shape index (κ2) is 9.68. The summed E-state index contributed by atoms with van der Waals surface area (Å²) < 4.78 is 0. The minimum Gasteiger partial charge on any atom is -0.507 e. The second-order valence-electron chi connectivity index (χ2n) is 6.11. The molecule has 2 aromatic carbocycles. The number of anilines is 2. The average Bonchev–Trinajstić information content (AvgIpc) is 2.63. The molecule has 142 valence electrons. The summed E-state index contributed by atoms with van der Waals surface area (Å²) in [6, 6.07) is 12.6. The van der Waals surface area contributed by atoms with Gasteiger partial charge in [-0.1, -0.05) is 25.1 Å². The number of carbonyl (C=O) groups is 1. The number of aryl methyl sites for hydroxylation is 1. The van der Waals surface area contributed by atoms with Crippen LogP contribution in [0.4, 0.5) is 11.4 Å². The number of amides is 1. The maximum Gasteiger partial charge on any atom is 0.224 e. The van der Waals surface area contributed by atoms with Crippen molar-refractivity contribution in [1.29, 1.82) is 0 Å². The maximum absolute atomic E-state index is 11.8. The van der Waals surface area contributed by atoms with Crippen molar-refractivity contribution < 1.29 is 9.90 Å². The number of nitrogens with zero attached hydrogens (tertiary/aromatic N) is 1. The van der Waals surface area contributed by atoms with Crippen molar-refractivity contribution in [3.8, 4) is 5.75 Å². The van der Waals surface area contributed by atoms with Gasteiger partial charge in [-0.05, 0) is 62.3 Å². The molecule has 0 aliphatic carbocycles. The van der Waals surface area contributed by atoms with E-state index < -0.39 is 0 Å². The van der Waals surface area contributed by atoms with Gasteiger partial charge in [0.05, 0.1) is 5.71 Å². The van der Waals surface area contributed by atoms with Crippen molar-refractivity contribution in [3.05, 3.63) is 53.6 Å². The summed E-state index contributed by atoms with van der Waals surface area (Å²) in [6.07, 6.45) is 1.22. The van der Waals surface area contributed by atoms with Crippen LogP contribution in [0.15, 0.2) is 47.6 Å².